The summed E-state index contributed by atoms with van der Waals surface area (Å²) in [4.78, 5) is 23.5. The van der Waals surface area contributed by atoms with Crippen molar-refractivity contribution in [3.8, 4) is 0 Å². The van der Waals surface area contributed by atoms with Crippen molar-refractivity contribution < 1.29 is 22.8 Å². The van der Waals surface area contributed by atoms with E-state index in [0.717, 1.165) is 17.7 Å². The van der Waals surface area contributed by atoms with Gasteiger partial charge in [0.2, 0.25) is 12.3 Å². The van der Waals surface area contributed by atoms with Gasteiger partial charge in [-0.1, -0.05) is 23.7 Å². The summed E-state index contributed by atoms with van der Waals surface area (Å²) in [7, 11) is 0. The number of nitrogens with one attached hydrogen (secondary N) is 2. The maximum atomic E-state index is 12.6. The number of halogens is 4. The van der Waals surface area contributed by atoms with Crippen LogP contribution in [0.2, 0.25) is 5.02 Å². The topological polar surface area (TPSA) is 73.8 Å². The fourth-order valence-electron chi connectivity index (χ4n) is 3.16. The Hall–Kier alpha value is -3.07. The number of hydrazone groups is 1. The lowest BCUT2D eigenvalue weighted by molar-refractivity contribution is -0.137. The van der Waals surface area contributed by atoms with Gasteiger partial charge in [0.25, 0.3) is 0 Å². The maximum absolute atomic E-state index is 12.6. The van der Waals surface area contributed by atoms with Gasteiger partial charge in [-0.05, 0) is 43.3 Å². The molecule has 3 rings (SSSR count). The maximum Gasteiger partial charge on any atom is 0.416 e. The number of benzene rings is 2. The van der Waals surface area contributed by atoms with Crippen LogP contribution in [-0.4, -0.2) is 41.7 Å². The van der Waals surface area contributed by atoms with E-state index < -0.39 is 23.2 Å². The standard InChI is InChI=1S/C20H18ClF3N4O2/c1-19(25-12-29)11-28(27-18(19)13-2-6-15(21)7-3-13)10-17(30)26-16-8-4-14(5-9-16)20(22,23)24/h2-9,12H,10-11H2,1H3,(H,25,29)(H,26,30). The number of anilines is 1. The fraction of sp³-hybridized carbons (Fsp3) is 0.250. The third-order valence-electron chi connectivity index (χ3n) is 4.58. The minimum Gasteiger partial charge on any atom is -0.346 e. The normalized spacial score (nSPS) is 18.7. The van der Waals surface area contributed by atoms with Crippen LogP contribution in [0, 0.1) is 0 Å². The van der Waals surface area contributed by atoms with Crippen LogP contribution in [0.5, 0.6) is 0 Å². The van der Waals surface area contributed by atoms with Crippen molar-refractivity contribution >= 4 is 35.3 Å². The molecule has 2 N–H and O–H groups in total. The predicted molar refractivity (Wildman–Crippen MR) is 107 cm³/mol. The van der Waals surface area contributed by atoms with Crippen LogP contribution in [0.4, 0.5) is 18.9 Å². The smallest absolute Gasteiger partial charge is 0.346 e. The number of carbonyl (C=O) groups excluding carboxylic acids is 2. The third kappa shape index (κ3) is 4.91. The molecule has 6 nitrogen and oxygen atoms in total. The van der Waals surface area contributed by atoms with Gasteiger partial charge in [-0.3, -0.25) is 14.6 Å². The van der Waals surface area contributed by atoms with Gasteiger partial charge in [0, 0.05) is 16.3 Å². The van der Waals surface area contributed by atoms with Crippen molar-refractivity contribution in [1.29, 1.82) is 0 Å². The number of alkyl halides is 3. The number of rotatable bonds is 6. The zero-order valence-corrected chi connectivity index (χ0v) is 16.6. The summed E-state index contributed by atoms with van der Waals surface area (Å²) in [6.07, 6.45) is -3.88. The molecule has 30 heavy (non-hydrogen) atoms. The molecule has 2 aromatic carbocycles. The Bertz CT molecular complexity index is 962. The van der Waals surface area contributed by atoms with E-state index >= 15 is 0 Å². The van der Waals surface area contributed by atoms with Crippen LogP contribution in [-0.2, 0) is 15.8 Å². The monoisotopic (exact) mass is 438 g/mol. The molecule has 0 fully saturated rings. The van der Waals surface area contributed by atoms with Crippen molar-refractivity contribution in [1.82, 2.24) is 10.3 Å². The first-order valence-corrected chi connectivity index (χ1v) is 9.27. The van der Waals surface area contributed by atoms with Crippen molar-refractivity contribution in [2.75, 3.05) is 18.4 Å². The lowest BCUT2D eigenvalue weighted by Gasteiger charge is -2.26. The highest BCUT2D eigenvalue weighted by Gasteiger charge is 2.39. The molecule has 158 valence electrons. The highest BCUT2D eigenvalue weighted by Crippen LogP contribution is 2.30. The Morgan fingerprint density at radius 1 is 1.20 bits per heavy atom. The Morgan fingerprint density at radius 3 is 2.40 bits per heavy atom. The molecule has 1 atom stereocenters. The van der Waals surface area contributed by atoms with E-state index in [-0.39, 0.29) is 18.8 Å². The zero-order chi connectivity index (χ0) is 21.9. The second-order valence-corrected chi connectivity index (χ2v) is 7.43. The summed E-state index contributed by atoms with van der Waals surface area (Å²) < 4.78 is 37.9. The summed E-state index contributed by atoms with van der Waals surface area (Å²) in [5.41, 5.74) is -0.0872. The average Bonchev–Trinajstić information content (AvgIpc) is 2.98. The largest absolute Gasteiger partial charge is 0.416 e. The van der Waals surface area contributed by atoms with Gasteiger partial charge in [0.1, 0.15) is 12.1 Å². The van der Waals surface area contributed by atoms with Gasteiger partial charge in [-0.25, -0.2) is 0 Å². The van der Waals surface area contributed by atoms with E-state index in [1.807, 2.05) is 0 Å². The zero-order valence-electron chi connectivity index (χ0n) is 15.8. The van der Waals surface area contributed by atoms with Crippen molar-refractivity contribution in [3.05, 3.63) is 64.7 Å². The minimum absolute atomic E-state index is 0.145. The molecule has 0 saturated heterocycles. The molecule has 0 bridgehead atoms. The van der Waals surface area contributed by atoms with Gasteiger partial charge in [-0.2, -0.15) is 18.3 Å². The number of hydrogen-bond acceptors (Lipinski definition) is 4. The van der Waals surface area contributed by atoms with Crippen LogP contribution in [0.15, 0.2) is 53.6 Å². The van der Waals surface area contributed by atoms with Gasteiger partial charge in [0.05, 0.1) is 17.8 Å². The molecule has 1 unspecified atom stereocenters. The first-order chi connectivity index (χ1) is 14.1. The minimum atomic E-state index is -4.44. The predicted octanol–water partition coefficient (Wildman–Crippen LogP) is 3.52. The van der Waals surface area contributed by atoms with E-state index in [0.29, 0.717) is 17.1 Å². The first-order valence-electron chi connectivity index (χ1n) is 8.89. The first kappa shape index (κ1) is 21.6. The number of nitrogens with zero attached hydrogens (tertiary/aromatic N) is 2. The summed E-state index contributed by atoms with van der Waals surface area (Å²) in [5.74, 6) is -0.454. The van der Waals surface area contributed by atoms with Crippen LogP contribution in [0.25, 0.3) is 0 Å². The molecule has 1 aliphatic rings. The molecular formula is C20H18ClF3N4O2. The lowest BCUT2D eigenvalue weighted by Crippen LogP contribution is -2.51. The van der Waals surface area contributed by atoms with E-state index in [9.17, 15) is 22.8 Å². The number of amides is 2. The molecule has 10 heteroatoms. The van der Waals surface area contributed by atoms with Crippen LogP contribution < -0.4 is 10.6 Å². The van der Waals surface area contributed by atoms with Gasteiger partial charge in [-0.15, -0.1) is 0 Å². The summed E-state index contributed by atoms with van der Waals surface area (Å²) in [5, 5.41) is 11.8. The molecule has 0 aromatic heterocycles. The van der Waals surface area contributed by atoms with E-state index in [1.165, 1.54) is 17.1 Å². The van der Waals surface area contributed by atoms with Crippen molar-refractivity contribution in [2.45, 2.75) is 18.6 Å². The molecule has 0 spiro atoms. The van der Waals surface area contributed by atoms with Gasteiger partial charge < -0.3 is 10.6 Å². The summed E-state index contributed by atoms with van der Waals surface area (Å²) in [6, 6.07) is 11.1. The van der Waals surface area contributed by atoms with Crippen LogP contribution in [0.3, 0.4) is 0 Å². The highest BCUT2D eigenvalue weighted by atomic mass is 35.5. The molecule has 1 heterocycles. The number of hydrogen-bond donors (Lipinski definition) is 2. The molecule has 1 aliphatic heterocycles. The van der Waals surface area contributed by atoms with E-state index in [1.54, 1.807) is 31.2 Å². The molecule has 0 radical (unpaired) electrons. The Kier molecular flexibility index (Phi) is 6.02. The van der Waals surface area contributed by atoms with E-state index in [4.69, 9.17) is 11.6 Å². The molecule has 0 saturated carbocycles. The Morgan fingerprint density at radius 2 is 1.83 bits per heavy atom. The van der Waals surface area contributed by atoms with Crippen LogP contribution >= 0.6 is 11.6 Å². The highest BCUT2D eigenvalue weighted by molar-refractivity contribution is 6.30. The second-order valence-electron chi connectivity index (χ2n) is 7.00. The second kappa shape index (κ2) is 8.35. The van der Waals surface area contributed by atoms with E-state index in [2.05, 4.69) is 15.7 Å². The molecule has 0 aliphatic carbocycles. The third-order valence-corrected chi connectivity index (χ3v) is 4.83. The quantitative estimate of drug-likeness (QED) is 0.678. The van der Waals surface area contributed by atoms with Crippen molar-refractivity contribution in [2.24, 2.45) is 5.10 Å². The van der Waals surface area contributed by atoms with Gasteiger partial charge >= 0.3 is 6.18 Å². The Balaban J connectivity index is 1.72. The van der Waals surface area contributed by atoms with Crippen LogP contribution in [0.1, 0.15) is 18.1 Å². The molecular weight excluding hydrogens is 421 g/mol. The lowest BCUT2D eigenvalue weighted by atomic mass is 9.91. The summed E-state index contributed by atoms with van der Waals surface area (Å²) in [6.45, 7) is 1.88. The SMILES string of the molecule is CC1(NC=O)CN(CC(=O)Nc2ccc(C(F)(F)F)cc2)N=C1c1ccc(Cl)cc1. The number of carbonyl (C=O) groups is 2. The fourth-order valence-corrected chi connectivity index (χ4v) is 3.28. The molecule has 2 amide bonds. The Labute approximate surface area is 175 Å². The molecule has 2 aromatic rings. The summed E-state index contributed by atoms with van der Waals surface area (Å²) >= 11 is 5.92. The average molecular weight is 439 g/mol. The van der Waals surface area contributed by atoms with Crippen molar-refractivity contribution in [3.63, 3.8) is 0 Å². The van der Waals surface area contributed by atoms with Gasteiger partial charge in [0.15, 0.2) is 0 Å².